The van der Waals surface area contributed by atoms with Gasteiger partial charge in [-0.15, -0.1) is 0 Å². The zero-order valence-corrected chi connectivity index (χ0v) is 23.0. The van der Waals surface area contributed by atoms with Crippen molar-refractivity contribution in [2.24, 2.45) is 5.73 Å². The number of alkyl halides is 3. The smallest absolute Gasteiger partial charge is 0.325 e. The van der Waals surface area contributed by atoms with Crippen LogP contribution in [0.15, 0.2) is 0 Å². The van der Waals surface area contributed by atoms with Crippen LogP contribution in [0.25, 0.3) is 0 Å². The molecule has 0 aromatic heterocycles. The lowest BCUT2D eigenvalue weighted by molar-refractivity contribution is -0.0510. The van der Waals surface area contributed by atoms with Crippen molar-refractivity contribution < 1.29 is 26.1 Å². The van der Waals surface area contributed by atoms with Gasteiger partial charge in [-0.1, -0.05) is 136 Å². The summed E-state index contributed by atoms with van der Waals surface area (Å²) in [5, 5.41) is 0. The van der Waals surface area contributed by atoms with E-state index >= 15 is 0 Å². The summed E-state index contributed by atoms with van der Waals surface area (Å²) in [4.78, 5) is 0. The van der Waals surface area contributed by atoms with E-state index in [0.717, 1.165) is 0 Å². The zero-order valence-electron chi connectivity index (χ0n) is 22.2. The molecule has 4 nitrogen and oxygen atoms in total. The molecule has 0 unspecified atom stereocenters. The van der Waals surface area contributed by atoms with Crippen molar-refractivity contribution in [1.82, 2.24) is 0 Å². The summed E-state index contributed by atoms with van der Waals surface area (Å²) >= 11 is 0. The number of hydrogen-bond acceptors (Lipinski definition) is 3. The van der Waals surface area contributed by atoms with Crippen LogP contribution in [-0.2, 0) is 10.1 Å². The molecular formula is C26H54F3NO3S. The summed E-state index contributed by atoms with van der Waals surface area (Å²) in [5.41, 5.74) is 1.53. The van der Waals surface area contributed by atoms with Crippen LogP contribution in [0.3, 0.4) is 0 Å². The monoisotopic (exact) mass is 517 g/mol. The number of hydrogen-bond donors (Lipinski definition) is 2. The van der Waals surface area contributed by atoms with Crippen molar-refractivity contribution in [3.63, 3.8) is 0 Å². The molecule has 8 heteroatoms. The number of rotatable bonds is 21. The fourth-order valence-corrected chi connectivity index (χ4v) is 4.15. The van der Waals surface area contributed by atoms with Crippen LogP contribution in [0.2, 0.25) is 0 Å². The second-order valence-electron chi connectivity index (χ2n) is 9.84. The predicted molar refractivity (Wildman–Crippen MR) is 139 cm³/mol. The molecule has 3 N–H and O–H groups in total. The Hall–Kier alpha value is -0.340. The third-order valence-corrected chi connectivity index (χ3v) is 6.96. The van der Waals surface area contributed by atoms with Crippen molar-refractivity contribution in [2.75, 3.05) is 0 Å². The van der Waals surface area contributed by atoms with Gasteiger partial charge in [0.2, 0.25) is 0 Å². The molecule has 0 rings (SSSR count). The fraction of sp³-hybridized carbons (Fsp3) is 1.00. The minimum Gasteiger partial charge on any atom is -0.325 e. The van der Waals surface area contributed by atoms with E-state index in [1.807, 2.05) is 0 Å². The molecular weight excluding hydrogens is 463 g/mol. The second-order valence-corrected chi connectivity index (χ2v) is 11.2. The summed E-state index contributed by atoms with van der Waals surface area (Å²) in [6.45, 7) is 6.89. The molecule has 0 saturated carbocycles. The first-order chi connectivity index (χ1) is 15.9. The van der Waals surface area contributed by atoms with E-state index < -0.39 is 15.6 Å². The standard InChI is InChI=1S/C25H53N.CHF3O3S/c1-4-7-10-13-16-19-22-25(26,23-20-17-14-11-8-5-2)24-21-18-15-12-9-6-3;2-1(3,4)8(5,6)7/h4-24,26H2,1-3H3;(H,5,6,7). The van der Waals surface area contributed by atoms with Crippen LogP contribution >= 0.6 is 0 Å². The van der Waals surface area contributed by atoms with Crippen molar-refractivity contribution >= 4 is 10.1 Å². The Balaban J connectivity index is 0. The number of halogens is 3. The summed E-state index contributed by atoms with van der Waals surface area (Å²) < 4.78 is 57.5. The zero-order chi connectivity index (χ0) is 26.3. The molecule has 0 radical (unpaired) electrons. The molecule has 208 valence electrons. The van der Waals surface area contributed by atoms with Gasteiger partial charge in [-0.05, 0) is 19.3 Å². The maximum absolute atomic E-state index is 10.7. The first-order valence-electron chi connectivity index (χ1n) is 13.8. The van der Waals surface area contributed by atoms with E-state index in [1.165, 1.54) is 135 Å². The lowest BCUT2D eigenvalue weighted by Gasteiger charge is -2.30. The van der Waals surface area contributed by atoms with Crippen LogP contribution in [0.1, 0.15) is 156 Å². The minimum absolute atomic E-state index is 0.139. The van der Waals surface area contributed by atoms with Gasteiger partial charge in [0.05, 0.1) is 0 Å². The van der Waals surface area contributed by atoms with Gasteiger partial charge in [0.25, 0.3) is 0 Å². The molecule has 0 saturated heterocycles. The Morgan fingerprint density at radius 3 is 0.971 bits per heavy atom. The van der Waals surface area contributed by atoms with Gasteiger partial charge in [0.1, 0.15) is 0 Å². The third-order valence-electron chi connectivity index (χ3n) is 6.38. The summed E-state index contributed by atoms with van der Waals surface area (Å²) in [6, 6.07) is 0. The maximum Gasteiger partial charge on any atom is 0.522 e. The number of unbranched alkanes of at least 4 members (excludes halogenated alkanes) is 15. The first kappa shape index (κ1) is 35.8. The van der Waals surface area contributed by atoms with Gasteiger partial charge in [0.15, 0.2) is 0 Å². The average Bonchev–Trinajstić information content (AvgIpc) is 2.75. The maximum atomic E-state index is 10.7. The van der Waals surface area contributed by atoms with E-state index in [0.29, 0.717) is 0 Å². The van der Waals surface area contributed by atoms with E-state index in [2.05, 4.69) is 20.8 Å². The van der Waals surface area contributed by atoms with Crippen LogP contribution < -0.4 is 5.73 Å². The quantitative estimate of drug-likeness (QED) is 0.0903. The minimum atomic E-state index is -5.84. The molecule has 0 amide bonds. The van der Waals surface area contributed by atoms with Crippen molar-refractivity contribution in [2.45, 2.75) is 167 Å². The molecule has 0 aliphatic carbocycles. The Morgan fingerprint density at radius 2 is 0.765 bits per heavy atom. The van der Waals surface area contributed by atoms with Crippen LogP contribution in [-0.4, -0.2) is 24.0 Å². The largest absolute Gasteiger partial charge is 0.522 e. The molecule has 0 aromatic carbocycles. The Morgan fingerprint density at radius 1 is 0.559 bits per heavy atom. The second kappa shape index (κ2) is 21.9. The van der Waals surface area contributed by atoms with Crippen LogP contribution in [0, 0.1) is 0 Å². The van der Waals surface area contributed by atoms with Crippen molar-refractivity contribution in [1.29, 1.82) is 0 Å². The molecule has 0 fully saturated rings. The summed E-state index contributed by atoms with van der Waals surface area (Å²) in [5.74, 6) is 0. The van der Waals surface area contributed by atoms with E-state index in [-0.39, 0.29) is 5.54 Å². The summed E-state index contributed by atoms with van der Waals surface area (Å²) in [6.07, 6.45) is 28.8. The van der Waals surface area contributed by atoms with Gasteiger partial charge >= 0.3 is 15.6 Å². The molecule has 0 heterocycles. The highest BCUT2D eigenvalue weighted by Gasteiger charge is 2.44. The summed E-state index contributed by atoms with van der Waals surface area (Å²) in [7, 11) is -5.84. The Kier molecular flexibility index (Phi) is 23.1. The molecule has 0 spiro atoms. The molecule has 0 atom stereocenters. The molecule has 0 aromatic rings. The Labute approximate surface area is 208 Å². The molecule has 0 bridgehead atoms. The van der Waals surface area contributed by atoms with Gasteiger partial charge in [0, 0.05) is 5.54 Å². The third kappa shape index (κ3) is 23.4. The van der Waals surface area contributed by atoms with Gasteiger partial charge in [-0.25, -0.2) is 0 Å². The van der Waals surface area contributed by atoms with E-state index in [9.17, 15) is 13.2 Å². The molecule has 0 aliphatic rings. The SMILES string of the molecule is CCCCCCCCC(N)(CCCCCCCC)CCCCCCCC.O=S(=O)(O)C(F)(F)F. The topological polar surface area (TPSA) is 80.4 Å². The number of nitrogens with two attached hydrogens (primary N) is 1. The van der Waals surface area contributed by atoms with Crippen molar-refractivity contribution in [3.8, 4) is 0 Å². The molecule has 0 aliphatic heterocycles. The van der Waals surface area contributed by atoms with E-state index in [4.69, 9.17) is 18.7 Å². The highest BCUT2D eigenvalue weighted by molar-refractivity contribution is 7.86. The first-order valence-corrected chi connectivity index (χ1v) is 15.2. The fourth-order valence-electron chi connectivity index (χ4n) is 4.15. The predicted octanol–water partition coefficient (Wildman–Crippen LogP) is 9.33. The van der Waals surface area contributed by atoms with Crippen LogP contribution in [0.5, 0.6) is 0 Å². The lowest BCUT2D eigenvalue weighted by Crippen LogP contribution is -2.39. The molecule has 34 heavy (non-hydrogen) atoms. The van der Waals surface area contributed by atoms with Gasteiger partial charge < -0.3 is 5.73 Å². The lowest BCUT2D eigenvalue weighted by atomic mass is 9.82. The van der Waals surface area contributed by atoms with Gasteiger partial charge in [-0.3, -0.25) is 4.55 Å². The van der Waals surface area contributed by atoms with E-state index in [1.54, 1.807) is 0 Å². The highest BCUT2D eigenvalue weighted by Crippen LogP contribution is 2.27. The Bertz CT molecular complexity index is 499. The van der Waals surface area contributed by atoms with Crippen LogP contribution in [0.4, 0.5) is 13.2 Å². The van der Waals surface area contributed by atoms with Gasteiger partial charge in [-0.2, -0.15) is 21.6 Å². The average molecular weight is 518 g/mol. The normalized spacial score (nSPS) is 12.5. The van der Waals surface area contributed by atoms with Crippen molar-refractivity contribution in [3.05, 3.63) is 0 Å². The highest BCUT2D eigenvalue weighted by atomic mass is 32.2.